The number of nitrogens with zero attached hydrogens (tertiary/aromatic N) is 1. The summed E-state index contributed by atoms with van der Waals surface area (Å²) < 4.78 is 0. The summed E-state index contributed by atoms with van der Waals surface area (Å²) in [5.41, 5.74) is 5.91. The monoisotopic (exact) mass is 387 g/mol. The summed E-state index contributed by atoms with van der Waals surface area (Å²) in [5, 5.41) is 24.5. The van der Waals surface area contributed by atoms with E-state index in [0.29, 0.717) is 12.3 Å². The van der Waals surface area contributed by atoms with Gasteiger partial charge >= 0.3 is 0 Å². The van der Waals surface area contributed by atoms with Gasteiger partial charge in [-0.3, -0.25) is 4.98 Å². The molecule has 4 N–H and O–H groups in total. The van der Waals surface area contributed by atoms with Gasteiger partial charge in [0, 0.05) is 28.8 Å². The van der Waals surface area contributed by atoms with Crippen LogP contribution in [0.4, 0.5) is 0 Å². The van der Waals surface area contributed by atoms with Crippen molar-refractivity contribution in [3.8, 4) is 17.0 Å². The van der Waals surface area contributed by atoms with E-state index in [0.717, 1.165) is 59.3 Å². The molecule has 1 fully saturated rings. The molecule has 2 aromatic heterocycles. The first-order chi connectivity index (χ1) is 12.7. The Balaban J connectivity index is 0.00000210. The number of hydrogen-bond acceptors (Lipinski definition) is 4. The molecule has 0 radical (unpaired) electrons. The maximum absolute atomic E-state index is 10.3. The van der Waals surface area contributed by atoms with Gasteiger partial charge in [0.2, 0.25) is 0 Å². The van der Waals surface area contributed by atoms with Crippen molar-refractivity contribution in [3.63, 3.8) is 0 Å². The van der Waals surface area contributed by atoms with Gasteiger partial charge in [-0.25, -0.2) is 0 Å². The van der Waals surface area contributed by atoms with Crippen LogP contribution in [0.1, 0.15) is 35.6 Å². The van der Waals surface area contributed by atoms with Gasteiger partial charge in [0.05, 0.1) is 11.9 Å². The van der Waals surface area contributed by atoms with Crippen molar-refractivity contribution in [2.24, 2.45) is 0 Å². The molecular weight excluding hydrogens is 362 g/mol. The molecule has 0 saturated carbocycles. The Labute approximate surface area is 165 Å². The first kappa shape index (κ1) is 19.7. The van der Waals surface area contributed by atoms with Crippen molar-refractivity contribution < 1.29 is 10.2 Å². The lowest BCUT2D eigenvalue weighted by Gasteiger charge is -2.23. The van der Waals surface area contributed by atoms with Crippen molar-refractivity contribution in [3.05, 3.63) is 47.3 Å². The second-order valence-electron chi connectivity index (χ2n) is 7.12. The SMILES string of the molecule is Cc1cc(-c2[nH]c3ccc(C4CCNCC4)cc3c2CCO)c(O)cn1.Cl. The molecule has 6 heteroatoms. The van der Waals surface area contributed by atoms with Crippen LogP contribution < -0.4 is 5.32 Å². The molecule has 3 aromatic rings. The number of pyridine rings is 1. The molecule has 1 aliphatic heterocycles. The normalized spacial score (nSPS) is 15.0. The molecule has 0 unspecified atom stereocenters. The average molecular weight is 388 g/mol. The maximum Gasteiger partial charge on any atom is 0.143 e. The van der Waals surface area contributed by atoms with Crippen LogP contribution in [0.2, 0.25) is 0 Å². The number of aromatic hydroxyl groups is 1. The van der Waals surface area contributed by atoms with Gasteiger partial charge in [0.25, 0.3) is 0 Å². The molecule has 5 nitrogen and oxygen atoms in total. The first-order valence-corrected chi connectivity index (χ1v) is 9.29. The molecule has 0 atom stereocenters. The number of piperidine rings is 1. The Bertz CT molecular complexity index is 933. The van der Waals surface area contributed by atoms with Gasteiger partial charge in [0.1, 0.15) is 5.75 Å². The van der Waals surface area contributed by atoms with Crippen molar-refractivity contribution in [2.45, 2.75) is 32.1 Å². The Hall–Kier alpha value is -2.08. The largest absolute Gasteiger partial charge is 0.506 e. The van der Waals surface area contributed by atoms with E-state index >= 15 is 0 Å². The van der Waals surface area contributed by atoms with Crippen LogP contribution in [0.5, 0.6) is 5.75 Å². The smallest absolute Gasteiger partial charge is 0.143 e. The molecule has 1 aliphatic rings. The van der Waals surface area contributed by atoms with E-state index < -0.39 is 0 Å². The summed E-state index contributed by atoms with van der Waals surface area (Å²) >= 11 is 0. The Morgan fingerprint density at radius 2 is 1.96 bits per heavy atom. The summed E-state index contributed by atoms with van der Waals surface area (Å²) in [4.78, 5) is 7.60. The quantitative estimate of drug-likeness (QED) is 0.550. The fourth-order valence-corrected chi connectivity index (χ4v) is 4.03. The van der Waals surface area contributed by atoms with E-state index in [9.17, 15) is 10.2 Å². The molecule has 3 heterocycles. The summed E-state index contributed by atoms with van der Waals surface area (Å²) in [7, 11) is 0. The zero-order valence-corrected chi connectivity index (χ0v) is 16.3. The fraction of sp³-hybridized carbons (Fsp3) is 0.381. The predicted octanol–water partition coefficient (Wildman–Crippen LogP) is 3.67. The maximum atomic E-state index is 10.3. The number of nitrogens with one attached hydrogen (secondary N) is 2. The number of aryl methyl sites for hydroxylation is 1. The highest BCUT2D eigenvalue weighted by Crippen LogP contribution is 2.37. The summed E-state index contributed by atoms with van der Waals surface area (Å²) in [6, 6.07) is 8.48. The standard InChI is InChI=1S/C21H25N3O2.ClH/c1-13-10-18(20(26)12-23-13)21-16(6-9-25)17-11-15(2-3-19(17)24-21)14-4-7-22-8-5-14;/h2-3,10-12,14,22,24-26H,4-9H2,1H3;1H. The van der Waals surface area contributed by atoms with Crippen molar-refractivity contribution in [1.82, 2.24) is 15.3 Å². The zero-order chi connectivity index (χ0) is 18.1. The van der Waals surface area contributed by atoms with Gasteiger partial charge in [-0.1, -0.05) is 6.07 Å². The molecule has 0 bridgehead atoms. The topological polar surface area (TPSA) is 81.2 Å². The van der Waals surface area contributed by atoms with E-state index in [2.05, 4.69) is 33.5 Å². The number of hydrogen-bond donors (Lipinski definition) is 4. The Kier molecular flexibility index (Phi) is 6.05. The molecule has 27 heavy (non-hydrogen) atoms. The summed E-state index contributed by atoms with van der Waals surface area (Å²) in [6.07, 6.45) is 4.34. The average Bonchev–Trinajstić information content (AvgIpc) is 3.02. The van der Waals surface area contributed by atoms with Crippen LogP contribution in [-0.4, -0.2) is 39.9 Å². The second-order valence-corrected chi connectivity index (χ2v) is 7.12. The highest BCUT2D eigenvalue weighted by molar-refractivity contribution is 5.92. The van der Waals surface area contributed by atoms with Crippen LogP contribution in [-0.2, 0) is 6.42 Å². The Morgan fingerprint density at radius 1 is 1.19 bits per heavy atom. The van der Waals surface area contributed by atoms with Crippen molar-refractivity contribution in [2.75, 3.05) is 19.7 Å². The minimum absolute atomic E-state index is 0. The number of rotatable bonds is 4. The molecule has 144 valence electrons. The third-order valence-electron chi connectivity index (χ3n) is 5.39. The van der Waals surface area contributed by atoms with E-state index in [1.807, 2.05) is 13.0 Å². The van der Waals surface area contributed by atoms with Crippen LogP contribution in [0.25, 0.3) is 22.2 Å². The van der Waals surface area contributed by atoms with Crippen molar-refractivity contribution in [1.29, 1.82) is 0 Å². The third kappa shape index (κ3) is 3.81. The molecule has 0 aliphatic carbocycles. The van der Waals surface area contributed by atoms with Gasteiger partial charge in [-0.05, 0) is 74.5 Å². The molecular formula is C21H26ClN3O2. The zero-order valence-electron chi connectivity index (χ0n) is 15.5. The summed E-state index contributed by atoms with van der Waals surface area (Å²) in [5.74, 6) is 0.734. The lowest BCUT2D eigenvalue weighted by Crippen LogP contribution is -2.26. The van der Waals surface area contributed by atoms with Gasteiger partial charge in [-0.2, -0.15) is 0 Å². The molecule has 4 rings (SSSR count). The lowest BCUT2D eigenvalue weighted by molar-refractivity contribution is 0.300. The number of halogens is 1. The van der Waals surface area contributed by atoms with E-state index in [1.54, 1.807) is 0 Å². The van der Waals surface area contributed by atoms with Crippen LogP contribution in [0.15, 0.2) is 30.5 Å². The summed E-state index contributed by atoms with van der Waals surface area (Å²) in [6.45, 7) is 4.11. The fourth-order valence-electron chi connectivity index (χ4n) is 4.03. The highest BCUT2D eigenvalue weighted by atomic mass is 35.5. The number of benzene rings is 1. The third-order valence-corrected chi connectivity index (χ3v) is 5.39. The first-order valence-electron chi connectivity index (χ1n) is 9.29. The number of aliphatic hydroxyl groups is 1. The number of H-pyrrole nitrogens is 1. The number of aromatic amines is 1. The molecule has 1 aromatic carbocycles. The highest BCUT2D eigenvalue weighted by Gasteiger charge is 2.19. The van der Waals surface area contributed by atoms with E-state index in [-0.39, 0.29) is 24.8 Å². The lowest BCUT2D eigenvalue weighted by atomic mass is 9.89. The number of fused-ring (bicyclic) bond motifs is 1. The number of aliphatic hydroxyl groups excluding tert-OH is 1. The predicted molar refractivity (Wildman–Crippen MR) is 111 cm³/mol. The van der Waals surface area contributed by atoms with Crippen molar-refractivity contribution >= 4 is 23.3 Å². The second kappa shape index (κ2) is 8.30. The Morgan fingerprint density at radius 3 is 2.70 bits per heavy atom. The molecule has 0 spiro atoms. The van der Waals surface area contributed by atoms with Crippen LogP contribution in [0, 0.1) is 6.92 Å². The molecule has 0 amide bonds. The van der Waals surface area contributed by atoms with E-state index in [1.165, 1.54) is 11.8 Å². The van der Waals surface area contributed by atoms with E-state index in [4.69, 9.17) is 0 Å². The van der Waals surface area contributed by atoms with Crippen LogP contribution in [0.3, 0.4) is 0 Å². The number of aromatic nitrogens is 2. The van der Waals surface area contributed by atoms with Gasteiger partial charge in [0.15, 0.2) is 0 Å². The van der Waals surface area contributed by atoms with Gasteiger partial charge < -0.3 is 20.5 Å². The van der Waals surface area contributed by atoms with Crippen LogP contribution >= 0.6 is 12.4 Å². The van der Waals surface area contributed by atoms with Gasteiger partial charge in [-0.15, -0.1) is 12.4 Å². The minimum Gasteiger partial charge on any atom is -0.506 e. The molecule has 1 saturated heterocycles. The minimum atomic E-state index is 0.